The summed E-state index contributed by atoms with van der Waals surface area (Å²) in [5, 5.41) is 10.2. The molecular formula is C21H26ClNO3. The highest BCUT2D eigenvalue weighted by molar-refractivity contribution is 6.30. The number of carboxylic acid groups (broad SMARTS) is 1. The van der Waals surface area contributed by atoms with Crippen LogP contribution in [0.15, 0.2) is 23.2 Å². The first kappa shape index (κ1) is 19.1. The van der Waals surface area contributed by atoms with Crippen LogP contribution in [0.3, 0.4) is 0 Å². The molecule has 0 bridgehead atoms. The Kier molecular flexibility index (Phi) is 6.47. The lowest BCUT2D eigenvalue weighted by Crippen LogP contribution is -2.22. The Labute approximate surface area is 159 Å². The van der Waals surface area contributed by atoms with Gasteiger partial charge in [0.15, 0.2) is 0 Å². The van der Waals surface area contributed by atoms with Crippen LogP contribution in [-0.4, -0.2) is 22.6 Å². The molecule has 0 unspecified atom stereocenters. The van der Waals surface area contributed by atoms with Gasteiger partial charge in [0, 0.05) is 30.0 Å². The van der Waals surface area contributed by atoms with E-state index in [1.54, 1.807) is 6.07 Å². The molecule has 1 N–H and O–H groups in total. The molecule has 2 aliphatic rings. The van der Waals surface area contributed by atoms with E-state index in [-0.39, 0.29) is 12.2 Å². The topological polar surface area (TPSA) is 66.7 Å². The number of rotatable bonds is 7. The van der Waals surface area contributed by atoms with E-state index in [0.717, 1.165) is 29.8 Å². The van der Waals surface area contributed by atoms with Crippen LogP contribution in [0.4, 0.5) is 5.69 Å². The summed E-state index contributed by atoms with van der Waals surface area (Å²) in [6.45, 7) is 0. The van der Waals surface area contributed by atoms with E-state index < -0.39 is 11.9 Å². The number of hydrogen-bond donors (Lipinski definition) is 1. The minimum atomic E-state index is -0.907. The van der Waals surface area contributed by atoms with Gasteiger partial charge in [-0.3, -0.25) is 14.6 Å². The van der Waals surface area contributed by atoms with Gasteiger partial charge in [0.1, 0.15) is 5.78 Å². The van der Waals surface area contributed by atoms with Crippen molar-refractivity contribution in [3.05, 3.63) is 28.8 Å². The Morgan fingerprint density at radius 1 is 1.19 bits per heavy atom. The van der Waals surface area contributed by atoms with Gasteiger partial charge in [-0.1, -0.05) is 50.1 Å². The van der Waals surface area contributed by atoms with Gasteiger partial charge in [0.2, 0.25) is 0 Å². The summed E-state index contributed by atoms with van der Waals surface area (Å²) in [7, 11) is 0. The second-order valence-electron chi connectivity index (χ2n) is 7.67. The highest BCUT2D eigenvalue weighted by Crippen LogP contribution is 2.32. The first-order valence-electron chi connectivity index (χ1n) is 9.60. The zero-order valence-electron chi connectivity index (χ0n) is 15.0. The summed E-state index contributed by atoms with van der Waals surface area (Å²) in [4.78, 5) is 28.7. The number of benzene rings is 1. The van der Waals surface area contributed by atoms with Crippen LogP contribution in [0.5, 0.6) is 0 Å². The van der Waals surface area contributed by atoms with Crippen LogP contribution in [0, 0.1) is 11.8 Å². The Balaban J connectivity index is 1.56. The predicted octanol–water partition coefficient (Wildman–Crippen LogP) is 5.38. The minimum absolute atomic E-state index is 0.0865. The third kappa shape index (κ3) is 5.16. The van der Waals surface area contributed by atoms with Crippen molar-refractivity contribution in [3.8, 4) is 0 Å². The molecule has 1 aliphatic heterocycles. The van der Waals surface area contributed by atoms with Crippen molar-refractivity contribution in [2.75, 3.05) is 0 Å². The number of carbonyl (C=O) groups is 2. The van der Waals surface area contributed by atoms with Gasteiger partial charge in [-0.15, -0.1) is 0 Å². The summed E-state index contributed by atoms with van der Waals surface area (Å²) < 4.78 is 0. The van der Waals surface area contributed by atoms with Gasteiger partial charge in [-0.2, -0.15) is 0 Å². The second kappa shape index (κ2) is 8.81. The molecule has 0 amide bonds. The maximum Gasteiger partial charge on any atom is 0.307 e. The standard InChI is InChI=1S/C21H26ClNO3/c22-17-7-8-20-15(10-17)11-18(23-20)12-16(21(25)26)13-19(24)9-14-5-3-1-2-4-6-14/h7-8,10,14,16H,1-6,9,11-13H2,(H,25,26)/t16-/m0/s1. The molecule has 1 aliphatic carbocycles. The molecular weight excluding hydrogens is 350 g/mol. The van der Waals surface area contributed by atoms with E-state index in [0.29, 0.717) is 30.2 Å². The van der Waals surface area contributed by atoms with Gasteiger partial charge < -0.3 is 5.11 Å². The molecule has 0 spiro atoms. The lowest BCUT2D eigenvalue weighted by Gasteiger charge is -2.15. The zero-order chi connectivity index (χ0) is 18.5. The van der Waals surface area contributed by atoms with Crippen molar-refractivity contribution < 1.29 is 14.7 Å². The summed E-state index contributed by atoms with van der Waals surface area (Å²) in [6.07, 6.45) is 8.70. The van der Waals surface area contributed by atoms with Crippen LogP contribution >= 0.6 is 11.6 Å². The number of aliphatic carboxylic acids is 1. The quantitative estimate of drug-likeness (QED) is 0.650. The van der Waals surface area contributed by atoms with Crippen molar-refractivity contribution in [3.63, 3.8) is 0 Å². The maximum absolute atomic E-state index is 12.5. The molecule has 1 atom stereocenters. The van der Waals surface area contributed by atoms with Crippen molar-refractivity contribution in [1.82, 2.24) is 0 Å². The molecule has 5 heteroatoms. The van der Waals surface area contributed by atoms with Gasteiger partial charge in [-0.25, -0.2) is 0 Å². The van der Waals surface area contributed by atoms with Crippen molar-refractivity contribution in [2.24, 2.45) is 16.8 Å². The Bertz CT molecular complexity index is 705. The molecule has 0 radical (unpaired) electrons. The molecule has 3 rings (SSSR count). The zero-order valence-corrected chi connectivity index (χ0v) is 15.8. The van der Waals surface area contributed by atoms with Crippen LogP contribution in [-0.2, 0) is 16.0 Å². The molecule has 0 aromatic heterocycles. The minimum Gasteiger partial charge on any atom is -0.481 e. The van der Waals surface area contributed by atoms with E-state index in [2.05, 4.69) is 4.99 Å². The third-order valence-electron chi connectivity index (χ3n) is 5.51. The van der Waals surface area contributed by atoms with E-state index in [4.69, 9.17) is 11.6 Å². The Morgan fingerprint density at radius 2 is 1.92 bits per heavy atom. The van der Waals surface area contributed by atoms with E-state index in [1.165, 1.54) is 25.7 Å². The number of hydrogen-bond acceptors (Lipinski definition) is 3. The fraction of sp³-hybridized carbons (Fsp3) is 0.571. The van der Waals surface area contributed by atoms with Crippen LogP contribution in [0.25, 0.3) is 0 Å². The van der Waals surface area contributed by atoms with E-state index in [1.807, 2.05) is 12.1 Å². The van der Waals surface area contributed by atoms with Gasteiger partial charge >= 0.3 is 5.97 Å². The number of Topliss-reactive ketones (excluding diaryl/α,β-unsaturated/α-hetero) is 1. The number of halogens is 1. The third-order valence-corrected chi connectivity index (χ3v) is 5.75. The molecule has 0 saturated heterocycles. The highest BCUT2D eigenvalue weighted by atomic mass is 35.5. The SMILES string of the molecule is O=C(CC1CCCCCC1)C[C@H](CC1=Nc2ccc(Cl)cc2C1)C(=O)O. The van der Waals surface area contributed by atoms with Crippen LogP contribution in [0.1, 0.15) is 63.4 Å². The summed E-state index contributed by atoms with van der Waals surface area (Å²) >= 11 is 6.01. The predicted molar refractivity (Wildman–Crippen MR) is 103 cm³/mol. The summed E-state index contributed by atoms with van der Waals surface area (Å²) in [5.41, 5.74) is 2.72. The van der Waals surface area contributed by atoms with Crippen molar-refractivity contribution in [2.45, 2.75) is 64.2 Å². The first-order chi connectivity index (χ1) is 12.5. The molecule has 4 nitrogen and oxygen atoms in total. The molecule has 1 heterocycles. The smallest absolute Gasteiger partial charge is 0.307 e. The number of fused-ring (bicyclic) bond motifs is 1. The van der Waals surface area contributed by atoms with Gasteiger partial charge in [0.25, 0.3) is 0 Å². The number of carboxylic acids is 1. The van der Waals surface area contributed by atoms with Crippen molar-refractivity contribution in [1.29, 1.82) is 0 Å². The maximum atomic E-state index is 12.5. The fourth-order valence-electron chi connectivity index (χ4n) is 4.13. The molecule has 1 aromatic carbocycles. The molecule has 140 valence electrons. The number of ketones is 1. The van der Waals surface area contributed by atoms with Crippen LogP contribution < -0.4 is 0 Å². The second-order valence-corrected chi connectivity index (χ2v) is 8.11. The number of nitrogens with zero attached hydrogens (tertiary/aromatic N) is 1. The summed E-state index contributed by atoms with van der Waals surface area (Å²) in [5.74, 6) is -1.06. The van der Waals surface area contributed by atoms with Crippen LogP contribution in [0.2, 0.25) is 5.02 Å². The van der Waals surface area contributed by atoms with Crippen molar-refractivity contribution >= 4 is 34.8 Å². The first-order valence-corrected chi connectivity index (χ1v) is 9.98. The molecule has 1 aromatic rings. The average Bonchev–Trinajstić information content (AvgIpc) is 2.80. The summed E-state index contributed by atoms with van der Waals surface area (Å²) in [6, 6.07) is 5.52. The monoisotopic (exact) mass is 375 g/mol. The molecule has 1 saturated carbocycles. The van der Waals surface area contributed by atoms with E-state index >= 15 is 0 Å². The average molecular weight is 376 g/mol. The van der Waals surface area contributed by atoms with Gasteiger partial charge in [0.05, 0.1) is 11.6 Å². The fourth-order valence-corrected chi connectivity index (χ4v) is 4.33. The highest BCUT2D eigenvalue weighted by Gasteiger charge is 2.27. The van der Waals surface area contributed by atoms with E-state index in [9.17, 15) is 14.7 Å². The number of carbonyl (C=O) groups excluding carboxylic acids is 1. The molecule has 1 fully saturated rings. The lowest BCUT2D eigenvalue weighted by atomic mass is 9.88. The molecule has 26 heavy (non-hydrogen) atoms. The van der Waals surface area contributed by atoms with Gasteiger partial charge in [-0.05, 0) is 36.1 Å². The largest absolute Gasteiger partial charge is 0.481 e. The normalized spacial score (nSPS) is 18.7. The lowest BCUT2D eigenvalue weighted by molar-refractivity contribution is -0.143. The Morgan fingerprint density at radius 3 is 2.62 bits per heavy atom. The Hall–Kier alpha value is -1.68. The number of aliphatic imine (C=N–C) groups is 1.